The van der Waals surface area contributed by atoms with Crippen LogP contribution in [0.4, 0.5) is 8.78 Å². The van der Waals surface area contributed by atoms with Crippen LogP contribution in [0.2, 0.25) is 0 Å². The van der Waals surface area contributed by atoms with Crippen molar-refractivity contribution < 1.29 is 46.3 Å². The van der Waals surface area contributed by atoms with Crippen LogP contribution in [0, 0.1) is 0 Å². The number of pyridine rings is 2. The minimum atomic E-state index is -2.91. The van der Waals surface area contributed by atoms with Crippen molar-refractivity contribution in [2.24, 2.45) is 0 Å². The molecule has 2 aromatic carbocycles. The van der Waals surface area contributed by atoms with E-state index in [-0.39, 0.29) is 29.9 Å². The van der Waals surface area contributed by atoms with E-state index >= 15 is 0 Å². The van der Waals surface area contributed by atoms with Crippen LogP contribution in [0.3, 0.4) is 0 Å². The predicted octanol–water partition coefficient (Wildman–Crippen LogP) is 9.60. The molecule has 3 atom stereocenters. The summed E-state index contributed by atoms with van der Waals surface area (Å²) >= 11 is 0. The van der Waals surface area contributed by atoms with Gasteiger partial charge in [0.2, 0.25) is 35.4 Å². The summed E-state index contributed by atoms with van der Waals surface area (Å²) in [5, 5.41) is 15.3. The fourth-order valence-corrected chi connectivity index (χ4v) is 8.81. The van der Waals surface area contributed by atoms with Crippen molar-refractivity contribution in [2.75, 3.05) is 27.8 Å². The molecule has 2 N–H and O–H groups in total. The van der Waals surface area contributed by atoms with Gasteiger partial charge in [0.15, 0.2) is 11.5 Å². The third-order valence-corrected chi connectivity index (χ3v) is 12.9. The lowest BCUT2D eigenvalue weighted by Gasteiger charge is -2.22. The maximum absolute atomic E-state index is 13.9. The highest BCUT2D eigenvalue weighted by molar-refractivity contribution is 5.86. The molecule has 7 aromatic rings. The first-order valence-corrected chi connectivity index (χ1v) is 25.1. The van der Waals surface area contributed by atoms with Gasteiger partial charge in [-0.1, -0.05) is 81.1 Å². The SMILES string of the molecule is CCC(=O)CCCCC[C@H](NC(=O)Cn1ccnn1)c1ncc(-c2cc3ccccc3nc2OC)o1.CCC(=O)CCCCC[C@H](NC(=O)[C@@H]1CC(F)(F)CN1C)c1ncc(-c2cc3ccccc3nc2OC)o1. The van der Waals surface area contributed by atoms with Crippen LogP contribution >= 0.6 is 0 Å². The van der Waals surface area contributed by atoms with Crippen LogP contribution in [0.1, 0.15) is 121 Å². The Hall–Kier alpha value is -7.48. The molecule has 0 bridgehead atoms. The number of carbonyl (C=O) groups is 4. The molecule has 1 saturated heterocycles. The van der Waals surface area contributed by atoms with Crippen molar-refractivity contribution in [2.45, 2.75) is 128 Å². The number of methoxy groups -OCH3 is 2. The number of fused-ring (bicyclic) bond motifs is 2. The van der Waals surface area contributed by atoms with Gasteiger partial charge in [0, 0.05) is 49.1 Å². The van der Waals surface area contributed by atoms with Gasteiger partial charge in [-0.2, -0.15) is 0 Å². The molecule has 2 amide bonds. The lowest BCUT2D eigenvalue weighted by Crippen LogP contribution is -2.43. The number of para-hydroxylation sites is 2. The second-order valence-electron chi connectivity index (χ2n) is 18.4. The number of rotatable bonds is 25. The van der Waals surface area contributed by atoms with E-state index in [1.54, 1.807) is 25.7 Å². The molecule has 18 nitrogen and oxygen atoms in total. The second-order valence-corrected chi connectivity index (χ2v) is 18.4. The first kappa shape index (κ1) is 54.3. The minimum Gasteiger partial charge on any atom is -0.480 e. The average Bonchev–Trinajstić information content (AvgIpc) is 4.25. The zero-order valence-electron chi connectivity index (χ0n) is 42.5. The Labute approximate surface area is 428 Å². The standard InChI is InChI=1S/C28H34F2N4O4.C26H30N6O4/c1-4-19(35)11-6-5-7-13-22(32-25(36)23-15-28(29,30)17-34(23)2)27-31-16-24(38-27)20-14-18-10-8-9-12-21(18)33-26(20)37-3;1-3-19(33)10-5-4-6-12-22(29-24(34)17-32-14-13-28-31-32)26-27-16-23(36-26)20-15-18-9-7-8-11-21(18)30-25(20)35-2/h8-10,12,14,16,22-23H,4-7,11,13,15,17H2,1-3H3,(H,32,36);7-9,11,13-16,22H,3-6,10,12,17H2,1-2H3,(H,29,34)/t22-,23-;22-/m00/s1. The third-order valence-electron chi connectivity index (χ3n) is 12.9. The molecule has 1 aliphatic heterocycles. The number of ketones is 2. The van der Waals surface area contributed by atoms with E-state index in [9.17, 15) is 28.0 Å². The summed E-state index contributed by atoms with van der Waals surface area (Å²) in [5.41, 5.74) is 2.89. The number of unbranched alkanes of at least 4 members (excludes halogenated alkanes) is 4. The van der Waals surface area contributed by atoms with Gasteiger partial charge < -0.3 is 28.9 Å². The molecule has 74 heavy (non-hydrogen) atoms. The van der Waals surface area contributed by atoms with E-state index in [0.717, 1.165) is 53.9 Å². The number of carbonyl (C=O) groups excluding carboxylic acids is 4. The molecule has 8 rings (SSSR count). The summed E-state index contributed by atoms with van der Waals surface area (Å²) in [6.07, 6.45) is 13.8. The number of Topliss-reactive ketones (excluding diaryl/α,β-unsaturated/α-hetero) is 2. The third kappa shape index (κ3) is 14.6. The Morgan fingerprint density at radius 2 is 1.26 bits per heavy atom. The van der Waals surface area contributed by atoms with Gasteiger partial charge in [-0.25, -0.2) is 33.4 Å². The topological polar surface area (TPSA) is 223 Å². The highest BCUT2D eigenvalue weighted by Gasteiger charge is 2.46. The van der Waals surface area contributed by atoms with Crippen LogP contribution in [0.25, 0.3) is 44.5 Å². The molecular formula is C54H64F2N10O8. The van der Waals surface area contributed by atoms with E-state index in [0.29, 0.717) is 85.2 Å². The number of hydrogen-bond donors (Lipinski definition) is 2. The lowest BCUT2D eigenvalue weighted by molar-refractivity contribution is -0.126. The number of alkyl halides is 2. The first-order valence-electron chi connectivity index (χ1n) is 25.1. The smallest absolute Gasteiger partial charge is 0.262 e. The van der Waals surface area contributed by atoms with Crippen LogP contribution in [0.15, 0.2) is 94.3 Å². The molecule has 392 valence electrons. The zero-order valence-corrected chi connectivity index (χ0v) is 42.5. The number of benzene rings is 2. The van der Waals surface area contributed by atoms with Crippen molar-refractivity contribution in [3.05, 3.63) is 97.2 Å². The maximum Gasteiger partial charge on any atom is 0.262 e. The molecule has 0 aliphatic carbocycles. The van der Waals surface area contributed by atoms with E-state index < -0.39 is 42.9 Å². The van der Waals surface area contributed by atoms with E-state index in [4.69, 9.17) is 18.3 Å². The minimum absolute atomic E-state index is 0.0392. The molecule has 20 heteroatoms. The Balaban J connectivity index is 0.000000217. The van der Waals surface area contributed by atoms with Gasteiger partial charge in [-0.15, -0.1) is 5.10 Å². The summed E-state index contributed by atoms with van der Waals surface area (Å²) in [6.45, 7) is 3.30. The Bertz CT molecular complexity index is 2980. The highest BCUT2D eigenvalue weighted by Crippen LogP contribution is 2.36. The summed E-state index contributed by atoms with van der Waals surface area (Å²) in [4.78, 5) is 68.4. The Morgan fingerprint density at radius 1 is 0.743 bits per heavy atom. The molecule has 5 aromatic heterocycles. The zero-order chi connectivity index (χ0) is 52.6. The number of halogens is 2. The number of aromatic nitrogens is 7. The van der Waals surface area contributed by atoms with Gasteiger partial charge in [-0.3, -0.25) is 24.1 Å². The van der Waals surface area contributed by atoms with E-state index in [2.05, 4.69) is 40.9 Å². The number of nitrogens with zero attached hydrogens (tertiary/aromatic N) is 8. The Morgan fingerprint density at radius 3 is 1.72 bits per heavy atom. The summed E-state index contributed by atoms with van der Waals surface area (Å²) in [6, 6.07) is 17.3. The van der Waals surface area contributed by atoms with Gasteiger partial charge in [-0.05, 0) is 57.0 Å². The molecule has 0 radical (unpaired) electrons. The predicted molar refractivity (Wildman–Crippen MR) is 272 cm³/mol. The highest BCUT2D eigenvalue weighted by atomic mass is 19.3. The summed E-state index contributed by atoms with van der Waals surface area (Å²) < 4.78 is 52.5. The molecule has 0 unspecified atom stereocenters. The first-order chi connectivity index (χ1) is 35.8. The van der Waals surface area contributed by atoms with E-state index in [1.165, 1.54) is 29.9 Å². The van der Waals surface area contributed by atoms with Gasteiger partial charge in [0.1, 0.15) is 30.2 Å². The van der Waals surface area contributed by atoms with Crippen LogP contribution in [-0.2, 0) is 25.7 Å². The summed E-state index contributed by atoms with van der Waals surface area (Å²) in [7, 11) is 4.61. The number of ether oxygens (including phenoxy) is 2. The van der Waals surface area contributed by atoms with Crippen molar-refractivity contribution in [3.8, 4) is 34.4 Å². The van der Waals surface area contributed by atoms with Gasteiger partial charge in [0.05, 0.1) is 67.6 Å². The Kier molecular flexibility index (Phi) is 19.0. The van der Waals surface area contributed by atoms with Crippen LogP contribution < -0.4 is 20.1 Å². The van der Waals surface area contributed by atoms with E-state index in [1.807, 2.05) is 74.5 Å². The number of likely N-dealkylation sites (tertiary alicyclic amines) is 1. The number of hydrogen-bond acceptors (Lipinski definition) is 15. The number of amides is 2. The maximum atomic E-state index is 13.9. The van der Waals surface area contributed by atoms with Crippen molar-refractivity contribution >= 4 is 45.2 Å². The number of oxazole rings is 2. The van der Waals surface area contributed by atoms with Gasteiger partial charge >= 0.3 is 0 Å². The molecule has 1 aliphatic rings. The monoisotopic (exact) mass is 1020 g/mol. The van der Waals surface area contributed by atoms with Crippen molar-refractivity contribution in [1.82, 2.24) is 50.5 Å². The lowest BCUT2D eigenvalue weighted by atomic mass is 10.0. The molecule has 1 fully saturated rings. The second kappa shape index (κ2) is 26.0. The quantitative estimate of drug-likeness (QED) is 0.0509. The fraction of sp³-hybridized carbons (Fsp3) is 0.444. The van der Waals surface area contributed by atoms with Crippen LogP contribution in [0.5, 0.6) is 11.8 Å². The molecule has 6 heterocycles. The number of likely N-dealkylation sites (N-methyl/N-ethyl adjacent to an activating group) is 1. The molecule has 0 spiro atoms. The van der Waals surface area contributed by atoms with Crippen LogP contribution in [-0.4, -0.2) is 103 Å². The molecule has 0 saturated carbocycles. The van der Waals surface area contributed by atoms with Gasteiger partial charge in [0.25, 0.3) is 5.92 Å². The average molecular weight is 1020 g/mol. The van der Waals surface area contributed by atoms with Crippen molar-refractivity contribution in [3.63, 3.8) is 0 Å². The summed E-state index contributed by atoms with van der Waals surface area (Å²) in [5.74, 6) is -0.719. The fourth-order valence-electron chi connectivity index (χ4n) is 8.81. The van der Waals surface area contributed by atoms with Crippen molar-refractivity contribution in [1.29, 1.82) is 0 Å². The molecular weight excluding hydrogens is 955 g/mol. The number of nitrogens with one attached hydrogen (secondary N) is 2. The largest absolute Gasteiger partial charge is 0.480 e. The normalized spacial score (nSPS) is 15.0.